The molecule has 1 aliphatic heterocycles. The Kier molecular flexibility index (Phi) is 6.92. The molecular weight excluding hydrogens is 289 g/mol. The second-order valence-electron chi connectivity index (χ2n) is 4.94. The lowest BCUT2D eigenvalue weighted by molar-refractivity contribution is 0.0387. The van der Waals surface area contributed by atoms with Crippen LogP contribution in [0.15, 0.2) is 24.3 Å². The molecule has 1 saturated heterocycles. The van der Waals surface area contributed by atoms with Crippen LogP contribution < -0.4 is 15.4 Å². The van der Waals surface area contributed by atoms with Crippen LogP contribution in [0.25, 0.3) is 0 Å². The number of amides is 2. The molecule has 1 fully saturated rings. The molecule has 0 aliphatic carbocycles. The summed E-state index contributed by atoms with van der Waals surface area (Å²) in [5.74, 6) is 0.112. The van der Waals surface area contributed by atoms with E-state index in [2.05, 4.69) is 15.5 Å². The summed E-state index contributed by atoms with van der Waals surface area (Å²) in [6.07, 6.45) is 0. The molecule has 0 aromatic heterocycles. The number of carbonyl (C=O) groups excluding carboxylic acids is 1. The summed E-state index contributed by atoms with van der Waals surface area (Å²) in [5.41, 5.74) is 0. The summed E-state index contributed by atoms with van der Waals surface area (Å²) in [5, 5.41) is 5.48. The van der Waals surface area contributed by atoms with Crippen molar-refractivity contribution in [2.75, 3.05) is 52.5 Å². The average molecular weight is 311 g/mol. The van der Waals surface area contributed by atoms with E-state index in [1.807, 2.05) is 0 Å². The van der Waals surface area contributed by atoms with Crippen molar-refractivity contribution >= 4 is 6.03 Å². The third-order valence-electron chi connectivity index (χ3n) is 3.27. The number of ether oxygens (including phenoxy) is 2. The van der Waals surface area contributed by atoms with E-state index in [-0.39, 0.29) is 11.8 Å². The normalized spacial score (nSPS) is 15.3. The smallest absolute Gasteiger partial charge is 0.314 e. The molecule has 7 heteroatoms. The van der Waals surface area contributed by atoms with Gasteiger partial charge in [0.2, 0.25) is 0 Å². The SMILES string of the molecule is O=C(NCCOc1cccc(F)c1)NCCN1CCOCC1. The number of hydrogen-bond donors (Lipinski definition) is 2. The summed E-state index contributed by atoms with van der Waals surface area (Å²) < 4.78 is 23.5. The van der Waals surface area contributed by atoms with Gasteiger partial charge in [-0.2, -0.15) is 0 Å². The first-order valence-electron chi connectivity index (χ1n) is 7.44. The lowest BCUT2D eigenvalue weighted by atomic mass is 10.3. The molecule has 2 amide bonds. The minimum absolute atomic E-state index is 0.226. The van der Waals surface area contributed by atoms with Crippen LogP contribution in [0.5, 0.6) is 5.75 Å². The first-order chi connectivity index (χ1) is 10.7. The van der Waals surface area contributed by atoms with E-state index < -0.39 is 0 Å². The first-order valence-corrected chi connectivity index (χ1v) is 7.44. The van der Waals surface area contributed by atoms with E-state index in [0.717, 1.165) is 32.8 Å². The molecule has 0 spiro atoms. The van der Waals surface area contributed by atoms with Crippen LogP contribution in [0.1, 0.15) is 0 Å². The monoisotopic (exact) mass is 311 g/mol. The van der Waals surface area contributed by atoms with Gasteiger partial charge in [0.25, 0.3) is 0 Å². The van der Waals surface area contributed by atoms with E-state index >= 15 is 0 Å². The molecule has 2 rings (SSSR count). The Morgan fingerprint density at radius 1 is 1.27 bits per heavy atom. The molecule has 122 valence electrons. The van der Waals surface area contributed by atoms with Crippen molar-refractivity contribution in [1.82, 2.24) is 15.5 Å². The summed E-state index contributed by atoms with van der Waals surface area (Å²) in [6.45, 7) is 5.39. The van der Waals surface area contributed by atoms with Crippen LogP contribution in [-0.4, -0.2) is 63.5 Å². The number of rotatable bonds is 7. The number of nitrogens with zero attached hydrogens (tertiary/aromatic N) is 1. The first kappa shape index (κ1) is 16.5. The van der Waals surface area contributed by atoms with Crippen molar-refractivity contribution in [3.63, 3.8) is 0 Å². The largest absolute Gasteiger partial charge is 0.492 e. The van der Waals surface area contributed by atoms with E-state index in [9.17, 15) is 9.18 Å². The number of halogens is 1. The van der Waals surface area contributed by atoms with Crippen LogP contribution in [0.3, 0.4) is 0 Å². The molecular formula is C15H22FN3O3. The van der Waals surface area contributed by atoms with Crippen molar-refractivity contribution in [1.29, 1.82) is 0 Å². The van der Waals surface area contributed by atoms with E-state index in [1.54, 1.807) is 12.1 Å². The van der Waals surface area contributed by atoms with Crippen molar-refractivity contribution in [2.45, 2.75) is 0 Å². The molecule has 6 nitrogen and oxygen atoms in total. The number of nitrogens with one attached hydrogen (secondary N) is 2. The van der Waals surface area contributed by atoms with Crippen molar-refractivity contribution in [3.8, 4) is 5.75 Å². The summed E-state index contributed by atoms with van der Waals surface area (Å²) in [6, 6.07) is 5.69. The van der Waals surface area contributed by atoms with Gasteiger partial charge in [0.05, 0.1) is 19.8 Å². The van der Waals surface area contributed by atoms with Crippen LogP contribution in [-0.2, 0) is 4.74 Å². The Morgan fingerprint density at radius 3 is 2.82 bits per heavy atom. The van der Waals surface area contributed by atoms with Crippen molar-refractivity contribution < 1.29 is 18.7 Å². The fourth-order valence-electron chi connectivity index (χ4n) is 2.11. The van der Waals surface area contributed by atoms with Gasteiger partial charge in [0, 0.05) is 32.2 Å². The lowest BCUT2D eigenvalue weighted by Gasteiger charge is -2.26. The molecule has 22 heavy (non-hydrogen) atoms. The molecule has 2 N–H and O–H groups in total. The Hall–Kier alpha value is -1.86. The quantitative estimate of drug-likeness (QED) is 0.733. The van der Waals surface area contributed by atoms with Gasteiger partial charge in [-0.25, -0.2) is 9.18 Å². The van der Waals surface area contributed by atoms with E-state index in [4.69, 9.17) is 9.47 Å². The molecule has 0 bridgehead atoms. The maximum absolute atomic E-state index is 12.9. The third kappa shape index (κ3) is 6.28. The number of hydrogen-bond acceptors (Lipinski definition) is 4. The highest BCUT2D eigenvalue weighted by molar-refractivity contribution is 5.73. The summed E-state index contributed by atoms with van der Waals surface area (Å²) in [7, 11) is 0. The van der Waals surface area contributed by atoms with Gasteiger partial charge in [0.1, 0.15) is 18.2 Å². The Bertz CT molecular complexity index is 467. The molecule has 1 aromatic carbocycles. The van der Waals surface area contributed by atoms with Gasteiger partial charge in [0.15, 0.2) is 0 Å². The Labute approximate surface area is 129 Å². The lowest BCUT2D eigenvalue weighted by Crippen LogP contribution is -2.44. The second kappa shape index (κ2) is 9.22. The van der Waals surface area contributed by atoms with Crippen LogP contribution in [0, 0.1) is 5.82 Å². The molecule has 0 radical (unpaired) electrons. The zero-order chi connectivity index (χ0) is 15.6. The fraction of sp³-hybridized carbons (Fsp3) is 0.533. The highest BCUT2D eigenvalue weighted by Gasteiger charge is 2.09. The molecule has 1 aliphatic rings. The van der Waals surface area contributed by atoms with Crippen LogP contribution in [0.4, 0.5) is 9.18 Å². The standard InChI is InChI=1S/C15H22FN3O3/c16-13-2-1-3-14(12-13)22-9-5-18-15(20)17-4-6-19-7-10-21-11-8-19/h1-3,12H,4-11H2,(H2,17,18,20). The number of morpholine rings is 1. The summed E-state index contributed by atoms with van der Waals surface area (Å²) >= 11 is 0. The van der Waals surface area contributed by atoms with Gasteiger partial charge in [-0.1, -0.05) is 6.07 Å². The molecule has 0 saturated carbocycles. The maximum Gasteiger partial charge on any atom is 0.314 e. The number of carbonyl (C=O) groups is 1. The van der Waals surface area contributed by atoms with Crippen LogP contribution in [0.2, 0.25) is 0 Å². The zero-order valence-electron chi connectivity index (χ0n) is 12.5. The highest BCUT2D eigenvalue weighted by atomic mass is 19.1. The topological polar surface area (TPSA) is 62.8 Å². The Balaban J connectivity index is 1.50. The number of benzene rings is 1. The van der Waals surface area contributed by atoms with Gasteiger partial charge < -0.3 is 20.1 Å². The van der Waals surface area contributed by atoms with Gasteiger partial charge in [-0.15, -0.1) is 0 Å². The minimum Gasteiger partial charge on any atom is -0.492 e. The third-order valence-corrected chi connectivity index (χ3v) is 3.27. The molecule has 0 atom stereocenters. The number of urea groups is 1. The van der Waals surface area contributed by atoms with Crippen molar-refractivity contribution in [2.24, 2.45) is 0 Å². The van der Waals surface area contributed by atoms with E-state index in [0.29, 0.717) is 25.4 Å². The zero-order valence-corrected chi connectivity index (χ0v) is 12.5. The average Bonchev–Trinajstić information content (AvgIpc) is 2.53. The van der Waals surface area contributed by atoms with Crippen LogP contribution >= 0.6 is 0 Å². The fourth-order valence-corrected chi connectivity index (χ4v) is 2.11. The predicted octanol–water partition coefficient (Wildman–Crippen LogP) is 0.836. The Morgan fingerprint density at radius 2 is 2.05 bits per heavy atom. The van der Waals surface area contributed by atoms with Gasteiger partial charge in [-0.3, -0.25) is 4.90 Å². The minimum atomic E-state index is -0.341. The predicted molar refractivity (Wildman–Crippen MR) is 80.6 cm³/mol. The molecule has 0 unspecified atom stereocenters. The molecule has 1 heterocycles. The van der Waals surface area contributed by atoms with E-state index in [1.165, 1.54) is 12.1 Å². The highest BCUT2D eigenvalue weighted by Crippen LogP contribution is 2.11. The maximum atomic E-state index is 12.9. The molecule has 1 aromatic rings. The second-order valence-corrected chi connectivity index (χ2v) is 4.94. The van der Waals surface area contributed by atoms with Crippen molar-refractivity contribution in [3.05, 3.63) is 30.1 Å². The van der Waals surface area contributed by atoms with Gasteiger partial charge in [-0.05, 0) is 12.1 Å². The van der Waals surface area contributed by atoms with Gasteiger partial charge >= 0.3 is 6.03 Å². The summed E-state index contributed by atoms with van der Waals surface area (Å²) in [4.78, 5) is 13.8.